The van der Waals surface area contributed by atoms with Gasteiger partial charge in [0.15, 0.2) is 0 Å². The quantitative estimate of drug-likeness (QED) is 0.524. The van der Waals surface area contributed by atoms with Crippen molar-refractivity contribution in [3.8, 4) is 0 Å². The number of rotatable bonds is 2. The number of nitrogens with two attached hydrogens (primary N) is 1. The number of halogens is 1. The molecule has 0 atom stereocenters. The first kappa shape index (κ1) is 11.5. The molecule has 0 bridgehead atoms. The van der Waals surface area contributed by atoms with Crippen LogP contribution in [0.1, 0.15) is 19.8 Å². The minimum atomic E-state index is -0.768. The Balaban J connectivity index is 0.00000121. The van der Waals surface area contributed by atoms with Crippen LogP contribution in [-0.2, 0) is 9.53 Å². The molecule has 2 N–H and O–H groups in total. The monoisotopic (exact) mass is 191 g/mol. The Morgan fingerprint density at radius 3 is 2.50 bits per heavy atom. The Morgan fingerprint density at radius 1 is 1.58 bits per heavy atom. The standard InChI is InChI=1S/C8H13NO2.ClH/c1-2-11-7(10)8(9)5-3-4-6-8;/h3-4H,2,5-6,9H2,1H3;1H. The lowest BCUT2D eigenvalue weighted by atomic mass is 9.99. The molecule has 3 nitrogen and oxygen atoms in total. The molecule has 0 saturated heterocycles. The van der Waals surface area contributed by atoms with Gasteiger partial charge in [-0.2, -0.15) is 0 Å². The summed E-state index contributed by atoms with van der Waals surface area (Å²) in [7, 11) is 0. The molecule has 0 aromatic heterocycles. The smallest absolute Gasteiger partial charge is 0.326 e. The summed E-state index contributed by atoms with van der Waals surface area (Å²) in [4.78, 5) is 11.2. The maximum absolute atomic E-state index is 11.2. The second-order valence-electron chi connectivity index (χ2n) is 2.76. The molecule has 1 rings (SSSR count). The van der Waals surface area contributed by atoms with Crippen LogP contribution in [0, 0.1) is 0 Å². The van der Waals surface area contributed by atoms with Crippen LogP contribution in [0.2, 0.25) is 0 Å². The molecule has 1 aliphatic carbocycles. The Morgan fingerprint density at radius 2 is 2.08 bits per heavy atom. The van der Waals surface area contributed by atoms with Crippen LogP contribution in [0.4, 0.5) is 0 Å². The highest BCUT2D eigenvalue weighted by atomic mass is 35.5. The van der Waals surface area contributed by atoms with Crippen LogP contribution in [0.3, 0.4) is 0 Å². The highest BCUT2D eigenvalue weighted by Crippen LogP contribution is 2.21. The molecule has 0 aromatic rings. The van der Waals surface area contributed by atoms with E-state index in [1.54, 1.807) is 6.92 Å². The van der Waals surface area contributed by atoms with Crippen LogP contribution in [0.15, 0.2) is 12.2 Å². The molecular weight excluding hydrogens is 178 g/mol. The summed E-state index contributed by atoms with van der Waals surface area (Å²) >= 11 is 0. The van der Waals surface area contributed by atoms with Crippen LogP contribution < -0.4 is 5.73 Å². The van der Waals surface area contributed by atoms with E-state index in [1.165, 1.54) is 0 Å². The Hall–Kier alpha value is -0.540. The predicted molar refractivity (Wildman–Crippen MR) is 49.2 cm³/mol. The number of hydrogen-bond donors (Lipinski definition) is 1. The molecular formula is C8H14ClNO2. The fourth-order valence-electron chi connectivity index (χ4n) is 1.11. The molecule has 0 aliphatic heterocycles. The number of carbonyl (C=O) groups is 1. The summed E-state index contributed by atoms with van der Waals surface area (Å²) in [6, 6.07) is 0. The van der Waals surface area contributed by atoms with Crippen molar-refractivity contribution in [2.24, 2.45) is 5.73 Å². The molecule has 12 heavy (non-hydrogen) atoms. The van der Waals surface area contributed by atoms with Crippen molar-refractivity contribution in [2.45, 2.75) is 25.3 Å². The van der Waals surface area contributed by atoms with Gasteiger partial charge in [-0.3, -0.25) is 4.79 Å². The second-order valence-corrected chi connectivity index (χ2v) is 2.76. The Bertz CT molecular complexity index is 183. The average molecular weight is 192 g/mol. The van der Waals surface area contributed by atoms with E-state index >= 15 is 0 Å². The summed E-state index contributed by atoms with van der Waals surface area (Å²) < 4.78 is 4.82. The van der Waals surface area contributed by atoms with Gasteiger partial charge in [-0.25, -0.2) is 0 Å². The van der Waals surface area contributed by atoms with Gasteiger partial charge >= 0.3 is 5.97 Å². The second kappa shape index (κ2) is 4.48. The summed E-state index contributed by atoms with van der Waals surface area (Å²) in [5, 5.41) is 0. The van der Waals surface area contributed by atoms with Crippen molar-refractivity contribution in [2.75, 3.05) is 6.61 Å². The number of hydrogen-bond acceptors (Lipinski definition) is 3. The maximum Gasteiger partial charge on any atom is 0.326 e. The Kier molecular flexibility index (Phi) is 4.28. The first-order chi connectivity index (χ1) is 5.19. The molecule has 0 aromatic carbocycles. The van der Waals surface area contributed by atoms with E-state index in [2.05, 4.69) is 0 Å². The van der Waals surface area contributed by atoms with E-state index in [1.807, 2.05) is 12.2 Å². The topological polar surface area (TPSA) is 52.3 Å². The zero-order chi connectivity index (χ0) is 8.32. The minimum Gasteiger partial charge on any atom is -0.465 e. The van der Waals surface area contributed by atoms with E-state index in [4.69, 9.17) is 10.5 Å². The summed E-state index contributed by atoms with van der Waals surface area (Å²) in [6.07, 6.45) is 5.03. The van der Waals surface area contributed by atoms with Crippen molar-refractivity contribution >= 4 is 18.4 Å². The van der Waals surface area contributed by atoms with Gasteiger partial charge < -0.3 is 10.5 Å². The average Bonchev–Trinajstić information content (AvgIpc) is 2.38. The third kappa shape index (κ3) is 2.22. The number of ether oxygens (including phenoxy) is 1. The van der Waals surface area contributed by atoms with Gasteiger partial charge in [-0.05, 0) is 19.8 Å². The molecule has 0 saturated carbocycles. The van der Waals surface area contributed by atoms with E-state index in [-0.39, 0.29) is 18.4 Å². The van der Waals surface area contributed by atoms with Crippen LogP contribution in [-0.4, -0.2) is 18.1 Å². The molecule has 0 heterocycles. The maximum atomic E-state index is 11.2. The third-order valence-corrected chi connectivity index (χ3v) is 1.81. The van der Waals surface area contributed by atoms with Crippen LogP contribution in [0.25, 0.3) is 0 Å². The van der Waals surface area contributed by atoms with E-state index in [9.17, 15) is 4.79 Å². The van der Waals surface area contributed by atoms with Crippen molar-refractivity contribution in [3.05, 3.63) is 12.2 Å². The van der Waals surface area contributed by atoms with Crippen molar-refractivity contribution in [3.63, 3.8) is 0 Å². The zero-order valence-corrected chi connectivity index (χ0v) is 7.89. The fourth-order valence-corrected chi connectivity index (χ4v) is 1.11. The van der Waals surface area contributed by atoms with Crippen LogP contribution in [0.5, 0.6) is 0 Å². The molecule has 0 fully saturated rings. The van der Waals surface area contributed by atoms with Gasteiger partial charge in [-0.1, -0.05) is 12.2 Å². The minimum absolute atomic E-state index is 0. The molecule has 0 unspecified atom stereocenters. The van der Waals surface area contributed by atoms with Crippen molar-refractivity contribution < 1.29 is 9.53 Å². The number of esters is 1. The van der Waals surface area contributed by atoms with E-state index in [0.29, 0.717) is 19.4 Å². The highest BCUT2D eigenvalue weighted by Gasteiger charge is 2.35. The van der Waals surface area contributed by atoms with Gasteiger partial charge in [0.25, 0.3) is 0 Å². The highest BCUT2D eigenvalue weighted by molar-refractivity contribution is 5.85. The molecule has 0 amide bonds. The van der Waals surface area contributed by atoms with Gasteiger partial charge in [0.05, 0.1) is 6.61 Å². The van der Waals surface area contributed by atoms with E-state index < -0.39 is 5.54 Å². The van der Waals surface area contributed by atoms with Gasteiger partial charge in [0, 0.05) is 0 Å². The lowest BCUT2D eigenvalue weighted by Crippen LogP contribution is -2.46. The van der Waals surface area contributed by atoms with Crippen LogP contribution >= 0.6 is 12.4 Å². The predicted octanol–water partition coefficient (Wildman–Crippen LogP) is 1.02. The van der Waals surface area contributed by atoms with Gasteiger partial charge in [0.2, 0.25) is 0 Å². The molecule has 1 aliphatic rings. The first-order valence-corrected chi connectivity index (χ1v) is 3.80. The normalized spacial score (nSPS) is 18.5. The molecule has 0 spiro atoms. The largest absolute Gasteiger partial charge is 0.465 e. The summed E-state index contributed by atoms with van der Waals surface area (Å²) in [5.41, 5.74) is 4.98. The summed E-state index contributed by atoms with van der Waals surface area (Å²) in [5.74, 6) is -0.287. The SMILES string of the molecule is CCOC(=O)C1(N)CC=CC1.Cl. The van der Waals surface area contributed by atoms with Crippen molar-refractivity contribution in [1.82, 2.24) is 0 Å². The van der Waals surface area contributed by atoms with Gasteiger partial charge in [-0.15, -0.1) is 12.4 Å². The number of carbonyl (C=O) groups excluding carboxylic acids is 1. The van der Waals surface area contributed by atoms with E-state index in [0.717, 1.165) is 0 Å². The summed E-state index contributed by atoms with van der Waals surface area (Å²) in [6.45, 7) is 2.18. The molecule has 70 valence electrons. The van der Waals surface area contributed by atoms with Gasteiger partial charge in [0.1, 0.15) is 5.54 Å². The molecule has 4 heteroatoms. The lowest BCUT2D eigenvalue weighted by molar-refractivity contribution is -0.149. The third-order valence-electron chi connectivity index (χ3n) is 1.81. The Labute approximate surface area is 78.4 Å². The van der Waals surface area contributed by atoms with Crippen molar-refractivity contribution in [1.29, 1.82) is 0 Å². The molecule has 0 radical (unpaired) electrons. The fraction of sp³-hybridized carbons (Fsp3) is 0.625. The zero-order valence-electron chi connectivity index (χ0n) is 7.08. The lowest BCUT2D eigenvalue weighted by Gasteiger charge is -2.20. The first-order valence-electron chi connectivity index (χ1n) is 3.80.